The highest BCUT2D eigenvalue weighted by molar-refractivity contribution is 5.76. The Kier molecular flexibility index (Phi) is 5.78. The summed E-state index contributed by atoms with van der Waals surface area (Å²) in [5.41, 5.74) is 2.40. The van der Waals surface area contributed by atoms with Gasteiger partial charge in [-0.05, 0) is 17.7 Å². The van der Waals surface area contributed by atoms with E-state index in [-0.39, 0.29) is 18.4 Å². The van der Waals surface area contributed by atoms with Crippen molar-refractivity contribution >= 4 is 5.91 Å². The summed E-state index contributed by atoms with van der Waals surface area (Å²) >= 11 is 0. The number of hydrogen-bond acceptors (Lipinski definition) is 5. The second-order valence-electron chi connectivity index (χ2n) is 6.70. The molecule has 0 bridgehead atoms. The third-order valence-corrected chi connectivity index (χ3v) is 4.34. The van der Waals surface area contributed by atoms with Crippen LogP contribution in [0.15, 0.2) is 36.8 Å². The van der Waals surface area contributed by atoms with E-state index >= 15 is 0 Å². The first-order chi connectivity index (χ1) is 12.1. The Labute approximate surface area is 148 Å². The van der Waals surface area contributed by atoms with Gasteiger partial charge in [0.1, 0.15) is 6.61 Å². The minimum atomic E-state index is -0.0133. The molecule has 0 fully saturated rings. The van der Waals surface area contributed by atoms with E-state index in [1.807, 2.05) is 23.1 Å². The van der Waals surface area contributed by atoms with Gasteiger partial charge in [-0.2, -0.15) is 5.10 Å². The lowest BCUT2D eigenvalue weighted by Gasteiger charge is -2.24. The van der Waals surface area contributed by atoms with Crippen molar-refractivity contribution in [2.75, 3.05) is 33.9 Å². The number of amides is 1. The molecule has 1 aliphatic heterocycles. The summed E-state index contributed by atoms with van der Waals surface area (Å²) in [6.07, 6.45) is 5.54. The van der Waals surface area contributed by atoms with Gasteiger partial charge in [-0.15, -0.1) is 0 Å². The number of nitrogens with zero attached hydrogens (tertiary/aromatic N) is 5. The van der Waals surface area contributed by atoms with Crippen LogP contribution in [0.4, 0.5) is 0 Å². The van der Waals surface area contributed by atoms with Gasteiger partial charge in [0.2, 0.25) is 5.91 Å². The number of rotatable bonds is 6. The fourth-order valence-electron chi connectivity index (χ4n) is 3.04. The molecule has 0 saturated carbocycles. The SMILES string of the molecule is CN(C)C(=O)COC[C@H]1CN(Cc2cccnc2)Cc2ccnn2C1. The number of likely N-dealkylation sites (N-methyl/N-ethyl adjacent to an activating group) is 1. The Balaban J connectivity index is 1.63. The fraction of sp³-hybridized carbons (Fsp3) is 0.500. The first-order valence-electron chi connectivity index (χ1n) is 8.51. The molecule has 0 spiro atoms. The first kappa shape index (κ1) is 17.6. The number of fused-ring (bicyclic) bond motifs is 1. The van der Waals surface area contributed by atoms with Gasteiger partial charge in [-0.25, -0.2) is 0 Å². The molecule has 1 amide bonds. The highest BCUT2D eigenvalue weighted by Crippen LogP contribution is 2.18. The third-order valence-electron chi connectivity index (χ3n) is 4.34. The van der Waals surface area contributed by atoms with E-state index in [0.717, 1.165) is 26.2 Å². The molecule has 3 heterocycles. The van der Waals surface area contributed by atoms with Gasteiger partial charge in [0.25, 0.3) is 0 Å². The van der Waals surface area contributed by atoms with Crippen LogP contribution in [0.3, 0.4) is 0 Å². The second kappa shape index (κ2) is 8.22. The Bertz CT molecular complexity index is 686. The minimum Gasteiger partial charge on any atom is -0.371 e. The van der Waals surface area contributed by atoms with Crippen LogP contribution in [-0.2, 0) is 29.2 Å². The summed E-state index contributed by atoms with van der Waals surface area (Å²) in [4.78, 5) is 19.8. The van der Waals surface area contributed by atoms with Crippen molar-refractivity contribution in [1.29, 1.82) is 0 Å². The second-order valence-corrected chi connectivity index (χ2v) is 6.70. The maximum Gasteiger partial charge on any atom is 0.248 e. The smallest absolute Gasteiger partial charge is 0.248 e. The number of pyridine rings is 1. The van der Waals surface area contributed by atoms with E-state index in [0.29, 0.717) is 6.61 Å². The van der Waals surface area contributed by atoms with Crippen molar-refractivity contribution in [1.82, 2.24) is 24.6 Å². The van der Waals surface area contributed by atoms with Crippen molar-refractivity contribution in [3.05, 3.63) is 48.0 Å². The van der Waals surface area contributed by atoms with E-state index < -0.39 is 0 Å². The maximum atomic E-state index is 11.7. The number of carbonyl (C=O) groups excluding carboxylic acids is 1. The monoisotopic (exact) mass is 343 g/mol. The molecular weight excluding hydrogens is 318 g/mol. The summed E-state index contributed by atoms with van der Waals surface area (Å²) in [6.45, 7) is 4.06. The molecule has 3 rings (SSSR count). The molecule has 0 saturated heterocycles. The molecule has 7 heteroatoms. The summed E-state index contributed by atoms with van der Waals surface area (Å²) in [7, 11) is 3.48. The molecule has 0 radical (unpaired) electrons. The quantitative estimate of drug-likeness (QED) is 0.783. The summed E-state index contributed by atoms with van der Waals surface area (Å²) < 4.78 is 7.72. The van der Waals surface area contributed by atoms with Crippen LogP contribution in [0, 0.1) is 5.92 Å². The van der Waals surface area contributed by atoms with E-state index in [2.05, 4.69) is 27.1 Å². The largest absolute Gasteiger partial charge is 0.371 e. The van der Waals surface area contributed by atoms with E-state index in [1.54, 1.807) is 25.2 Å². The van der Waals surface area contributed by atoms with Crippen LogP contribution < -0.4 is 0 Å². The normalized spacial score (nSPS) is 17.8. The van der Waals surface area contributed by atoms with Crippen molar-refractivity contribution in [2.24, 2.45) is 5.92 Å². The molecule has 1 atom stereocenters. The van der Waals surface area contributed by atoms with Gasteiger partial charge in [0.05, 0.1) is 12.3 Å². The lowest BCUT2D eigenvalue weighted by molar-refractivity contribution is -0.134. The van der Waals surface area contributed by atoms with Crippen LogP contribution >= 0.6 is 0 Å². The van der Waals surface area contributed by atoms with Crippen LogP contribution in [0.25, 0.3) is 0 Å². The summed E-state index contributed by atoms with van der Waals surface area (Å²) in [5.74, 6) is 0.272. The summed E-state index contributed by atoms with van der Waals surface area (Å²) in [5, 5.41) is 4.43. The van der Waals surface area contributed by atoms with Gasteiger partial charge in [0.15, 0.2) is 0 Å². The van der Waals surface area contributed by atoms with Crippen molar-refractivity contribution in [2.45, 2.75) is 19.6 Å². The van der Waals surface area contributed by atoms with Gasteiger partial charge in [-0.3, -0.25) is 19.4 Å². The molecule has 2 aromatic rings. The van der Waals surface area contributed by atoms with E-state index in [4.69, 9.17) is 4.74 Å². The number of aromatic nitrogens is 3. The van der Waals surface area contributed by atoms with Crippen LogP contribution in [-0.4, -0.2) is 64.3 Å². The lowest BCUT2D eigenvalue weighted by Crippen LogP contribution is -2.32. The first-order valence-corrected chi connectivity index (χ1v) is 8.51. The van der Waals surface area contributed by atoms with Gasteiger partial charge in [-0.1, -0.05) is 6.07 Å². The summed E-state index contributed by atoms with van der Waals surface area (Å²) in [6, 6.07) is 6.12. The average Bonchev–Trinajstić information content (AvgIpc) is 2.95. The Morgan fingerprint density at radius 2 is 2.20 bits per heavy atom. The molecule has 0 aromatic carbocycles. The topological polar surface area (TPSA) is 63.5 Å². The fourth-order valence-corrected chi connectivity index (χ4v) is 3.04. The molecule has 2 aromatic heterocycles. The zero-order valence-corrected chi connectivity index (χ0v) is 14.8. The Morgan fingerprint density at radius 1 is 1.32 bits per heavy atom. The molecule has 1 aliphatic rings. The standard InChI is InChI=1S/C18H25N5O2/c1-21(2)18(24)14-25-13-16-10-22(9-15-4-3-6-19-8-15)12-17-5-7-20-23(17)11-16/h3-8,16H,9-14H2,1-2H3/t16-/m0/s1. The maximum absolute atomic E-state index is 11.7. The Hall–Kier alpha value is -2.25. The van der Waals surface area contributed by atoms with Crippen molar-refractivity contribution < 1.29 is 9.53 Å². The molecular formula is C18H25N5O2. The molecule has 0 N–H and O–H groups in total. The number of ether oxygens (including phenoxy) is 1. The average molecular weight is 343 g/mol. The predicted molar refractivity (Wildman–Crippen MR) is 93.6 cm³/mol. The Morgan fingerprint density at radius 3 is 2.96 bits per heavy atom. The highest BCUT2D eigenvalue weighted by atomic mass is 16.5. The molecule has 134 valence electrons. The van der Waals surface area contributed by atoms with Crippen molar-refractivity contribution in [3.8, 4) is 0 Å². The molecule has 0 unspecified atom stereocenters. The third kappa shape index (κ3) is 4.87. The molecule has 0 aliphatic carbocycles. The molecule has 7 nitrogen and oxygen atoms in total. The van der Waals surface area contributed by atoms with Crippen molar-refractivity contribution in [3.63, 3.8) is 0 Å². The highest BCUT2D eigenvalue weighted by Gasteiger charge is 2.23. The number of carbonyl (C=O) groups is 1. The van der Waals surface area contributed by atoms with Crippen LogP contribution in [0.5, 0.6) is 0 Å². The van der Waals surface area contributed by atoms with E-state index in [9.17, 15) is 4.79 Å². The molecule has 25 heavy (non-hydrogen) atoms. The predicted octanol–water partition coefficient (Wildman–Crippen LogP) is 1.01. The lowest BCUT2D eigenvalue weighted by atomic mass is 10.1. The van der Waals surface area contributed by atoms with Gasteiger partial charge >= 0.3 is 0 Å². The van der Waals surface area contributed by atoms with Crippen LogP contribution in [0.2, 0.25) is 0 Å². The van der Waals surface area contributed by atoms with Gasteiger partial charge < -0.3 is 9.64 Å². The van der Waals surface area contributed by atoms with E-state index in [1.165, 1.54) is 11.3 Å². The van der Waals surface area contributed by atoms with Gasteiger partial charge in [0, 0.05) is 64.8 Å². The number of hydrogen-bond donors (Lipinski definition) is 0. The zero-order chi connectivity index (χ0) is 17.6. The van der Waals surface area contributed by atoms with Crippen LogP contribution in [0.1, 0.15) is 11.3 Å². The minimum absolute atomic E-state index is 0.0133. The zero-order valence-electron chi connectivity index (χ0n) is 14.8.